The highest BCUT2D eigenvalue weighted by atomic mass is 19.1. The standard InChI is InChI=1S/C16H18FNO.C4H4O4/c1-11(12-2-4-14(17)5-3-12)18-9-13-8-15-6-7-16(13,10-18)19-15;5-3(6)1-2-4(7)8/h2-7,11,13,15H,8-10H2,1H3;1-2H,(H,5,6)(H,7,8). The number of halogens is 1. The van der Waals surface area contributed by atoms with Gasteiger partial charge in [0, 0.05) is 37.2 Å². The van der Waals surface area contributed by atoms with Crippen molar-refractivity contribution in [3.63, 3.8) is 0 Å². The third-order valence-electron chi connectivity index (χ3n) is 5.35. The largest absolute Gasteiger partial charge is 0.478 e. The van der Waals surface area contributed by atoms with Crippen LogP contribution in [-0.2, 0) is 14.3 Å². The summed E-state index contributed by atoms with van der Waals surface area (Å²) in [6, 6.07) is 7.18. The average molecular weight is 375 g/mol. The quantitative estimate of drug-likeness (QED) is 0.621. The first-order chi connectivity index (χ1) is 12.8. The van der Waals surface area contributed by atoms with Crippen LogP contribution in [0.1, 0.15) is 24.9 Å². The number of hydrogen-bond acceptors (Lipinski definition) is 4. The smallest absolute Gasteiger partial charge is 0.328 e. The molecule has 0 amide bonds. The Labute approximate surface area is 156 Å². The molecule has 2 saturated heterocycles. The van der Waals surface area contributed by atoms with Crippen molar-refractivity contribution in [1.29, 1.82) is 0 Å². The number of carboxylic acid groups (broad SMARTS) is 2. The number of fused-ring (bicyclic) bond motifs is 1. The summed E-state index contributed by atoms with van der Waals surface area (Å²) in [5.41, 5.74) is 1.15. The molecule has 3 aliphatic heterocycles. The second kappa shape index (κ2) is 7.62. The van der Waals surface area contributed by atoms with E-state index in [0.29, 0.717) is 30.2 Å². The van der Waals surface area contributed by atoms with E-state index in [0.717, 1.165) is 19.5 Å². The van der Waals surface area contributed by atoms with E-state index in [4.69, 9.17) is 14.9 Å². The summed E-state index contributed by atoms with van der Waals surface area (Å²) in [6.07, 6.45) is 7.10. The molecule has 6 nitrogen and oxygen atoms in total. The number of hydrogen-bond donors (Lipinski definition) is 2. The van der Waals surface area contributed by atoms with Gasteiger partial charge in [0.05, 0.1) is 6.10 Å². The molecule has 0 aliphatic carbocycles. The summed E-state index contributed by atoms with van der Waals surface area (Å²) in [6.45, 7) is 4.24. The molecular weight excluding hydrogens is 353 g/mol. The average Bonchev–Trinajstić information content (AvgIpc) is 3.28. The summed E-state index contributed by atoms with van der Waals surface area (Å²) in [4.78, 5) is 21.6. The normalized spacial score (nSPS) is 29.4. The summed E-state index contributed by atoms with van der Waals surface area (Å²) < 4.78 is 19.1. The van der Waals surface area contributed by atoms with Crippen LogP contribution in [-0.4, -0.2) is 51.8 Å². The van der Waals surface area contributed by atoms with Crippen LogP contribution < -0.4 is 0 Å². The third kappa shape index (κ3) is 4.26. The van der Waals surface area contributed by atoms with Gasteiger partial charge < -0.3 is 14.9 Å². The molecule has 1 aromatic rings. The summed E-state index contributed by atoms with van der Waals surface area (Å²) in [5.74, 6) is -2.05. The maximum absolute atomic E-state index is 13.0. The molecule has 4 unspecified atom stereocenters. The van der Waals surface area contributed by atoms with Crippen LogP contribution in [0.2, 0.25) is 0 Å². The molecular formula is C20H22FNO5. The molecule has 0 radical (unpaired) electrons. The number of carbonyl (C=O) groups is 2. The molecule has 27 heavy (non-hydrogen) atoms. The number of nitrogens with zero attached hydrogens (tertiary/aromatic N) is 1. The van der Waals surface area contributed by atoms with E-state index in [1.54, 1.807) is 12.1 Å². The van der Waals surface area contributed by atoms with Crippen molar-refractivity contribution in [3.8, 4) is 0 Å². The number of likely N-dealkylation sites (tertiary alicyclic amines) is 1. The monoisotopic (exact) mass is 375 g/mol. The Balaban J connectivity index is 0.000000226. The molecule has 0 saturated carbocycles. The van der Waals surface area contributed by atoms with Crippen molar-refractivity contribution in [3.05, 3.63) is 60.0 Å². The minimum atomic E-state index is -1.26. The molecule has 1 spiro atoms. The highest BCUT2D eigenvalue weighted by molar-refractivity contribution is 5.89. The predicted molar refractivity (Wildman–Crippen MR) is 95.7 cm³/mol. The number of carboxylic acids is 2. The van der Waals surface area contributed by atoms with Crippen LogP contribution in [0.3, 0.4) is 0 Å². The van der Waals surface area contributed by atoms with Crippen LogP contribution in [0.4, 0.5) is 4.39 Å². The molecule has 7 heteroatoms. The Morgan fingerprint density at radius 2 is 1.89 bits per heavy atom. The molecule has 1 aromatic carbocycles. The molecule has 2 bridgehead atoms. The van der Waals surface area contributed by atoms with Gasteiger partial charge in [0.1, 0.15) is 11.4 Å². The first-order valence-corrected chi connectivity index (χ1v) is 8.80. The second-order valence-electron chi connectivity index (χ2n) is 7.07. The lowest BCUT2D eigenvalue weighted by Gasteiger charge is -2.27. The highest BCUT2D eigenvalue weighted by Gasteiger charge is 2.55. The first kappa shape index (κ1) is 19.3. The maximum atomic E-state index is 13.0. The lowest BCUT2D eigenvalue weighted by molar-refractivity contribution is -0.134. The van der Waals surface area contributed by atoms with Crippen molar-refractivity contribution in [2.75, 3.05) is 13.1 Å². The predicted octanol–water partition coefficient (Wildman–Crippen LogP) is 2.63. The molecule has 4 atom stereocenters. The van der Waals surface area contributed by atoms with Gasteiger partial charge in [0.2, 0.25) is 0 Å². The third-order valence-corrected chi connectivity index (χ3v) is 5.35. The van der Waals surface area contributed by atoms with Gasteiger partial charge in [-0.05, 0) is 31.0 Å². The van der Waals surface area contributed by atoms with Crippen LogP contribution in [0.15, 0.2) is 48.6 Å². The van der Waals surface area contributed by atoms with E-state index in [1.807, 2.05) is 12.1 Å². The number of benzene rings is 1. The summed E-state index contributed by atoms with van der Waals surface area (Å²) >= 11 is 0. The molecule has 3 aliphatic rings. The van der Waals surface area contributed by atoms with E-state index >= 15 is 0 Å². The Kier molecular flexibility index (Phi) is 5.43. The molecule has 2 fully saturated rings. The lowest BCUT2D eigenvalue weighted by atomic mass is 9.86. The van der Waals surface area contributed by atoms with Crippen molar-refractivity contribution >= 4 is 11.9 Å². The number of aliphatic carboxylic acids is 2. The molecule has 0 aromatic heterocycles. The Morgan fingerprint density at radius 3 is 2.41 bits per heavy atom. The van der Waals surface area contributed by atoms with Crippen molar-refractivity contribution in [2.45, 2.75) is 31.1 Å². The molecule has 144 valence electrons. The van der Waals surface area contributed by atoms with E-state index < -0.39 is 11.9 Å². The van der Waals surface area contributed by atoms with Gasteiger partial charge in [0.25, 0.3) is 0 Å². The van der Waals surface area contributed by atoms with Gasteiger partial charge in [-0.15, -0.1) is 0 Å². The number of ether oxygens (including phenoxy) is 1. The van der Waals surface area contributed by atoms with Gasteiger partial charge in [0.15, 0.2) is 0 Å². The van der Waals surface area contributed by atoms with E-state index in [-0.39, 0.29) is 11.4 Å². The van der Waals surface area contributed by atoms with Crippen LogP contribution in [0.25, 0.3) is 0 Å². The SMILES string of the molecule is CC(c1ccc(F)cc1)N1CC2CC3C=CC2(C1)O3.O=C(O)C=CC(=O)O. The van der Waals surface area contributed by atoms with Gasteiger partial charge in [-0.3, -0.25) is 4.90 Å². The second-order valence-corrected chi connectivity index (χ2v) is 7.07. The van der Waals surface area contributed by atoms with E-state index in [2.05, 4.69) is 24.0 Å². The number of rotatable bonds is 4. The Morgan fingerprint density at radius 1 is 1.26 bits per heavy atom. The molecule has 3 heterocycles. The van der Waals surface area contributed by atoms with E-state index in [1.165, 1.54) is 5.56 Å². The molecule has 2 N–H and O–H groups in total. The van der Waals surface area contributed by atoms with Crippen molar-refractivity contribution < 1.29 is 28.9 Å². The highest BCUT2D eigenvalue weighted by Crippen LogP contribution is 2.49. The summed E-state index contributed by atoms with van der Waals surface area (Å²) in [7, 11) is 0. The maximum Gasteiger partial charge on any atom is 0.328 e. The van der Waals surface area contributed by atoms with Crippen molar-refractivity contribution in [2.24, 2.45) is 5.92 Å². The minimum Gasteiger partial charge on any atom is -0.478 e. The fraction of sp³-hybridized carbons (Fsp3) is 0.400. The lowest BCUT2D eigenvalue weighted by Crippen LogP contribution is -2.33. The molecule has 4 rings (SSSR count). The Hall–Kier alpha value is -2.51. The summed E-state index contributed by atoms with van der Waals surface area (Å²) in [5, 5.41) is 15.6. The Bertz CT molecular complexity index is 759. The minimum absolute atomic E-state index is 0.0288. The topological polar surface area (TPSA) is 87.1 Å². The van der Waals surface area contributed by atoms with Gasteiger partial charge in [-0.2, -0.15) is 0 Å². The fourth-order valence-corrected chi connectivity index (χ4v) is 3.97. The van der Waals surface area contributed by atoms with Crippen molar-refractivity contribution in [1.82, 2.24) is 4.90 Å². The van der Waals surface area contributed by atoms with Crippen LogP contribution in [0.5, 0.6) is 0 Å². The van der Waals surface area contributed by atoms with Gasteiger partial charge in [-0.25, -0.2) is 14.0 Å². The zero-order chi connectivity index (χ0) is 19.6. The van der Waals surface area contributed by atoms with Crippen LogP contribution in [0, 0.1) is 11.7 Å². The van der Waals surface area contributed by atoms with Crippen LogP contribution >= 0.6 is 0 Å². The fourth-order valence-electron chi connectivity index (χ4n) is 3.97. The zero-order valence-electron chi connectivity index (χ0n) is 14.9. The van der Waals surface area contributed by atoms with Gasteiger partial charge >= 0.3 is 11.9 Å². The zero-order valence-corrected chi connectivity index (χ0v) is 14.9. The van der Waals surface area contributed by atoms with E-state index in [9.17, 15) is 14.0 Å². The first-order valence-electron chi connectivity index (χ1n) is 8.80. The van der Waals surface area contributed by atoms with Gasteiger partial charge in [-0.1, -0.05) is 24.3 Å².